The van der Waals surface area contributed by atoms with E-state index in [1.165, 1.54) is 116 Å². The molecule has 0 saturated heterocycles. The van der Waals surface area contributed by atoms with Gasteiger partial charge in [-0.2, -0.15) is 0 Å². The van der Waals surface area contributed by atoms with E-state index in [1.807, 2.05) is 75.7 Å². The highest BCUT2D eigenvalue weighted by molar-refractivity contribution is 7.13. The highest BCUT2D eigenvalue weighted by Crippen LogP contribution is 2.63. The Hall–Kier alpha value is -8.06. The summed E-state index contributed by atoms with van der Waals surface area (Å²) in [5.74, 6) is 2.06. The maximum Gasteiger partial charge on any atom is 0.160 e. The van der Waals surface area contributed by atoms with Crippen molar-refractivity contribution in [3.05, 3.63) is 268 Å². The SMILES string of the molecule is CC1(C)CC(=O)C2=C(Cc3ncsc3C23CCCCC3)C1.CCC1(CC)C2=C(Cc3ncsc31)CC(C)(C)CC2=O.CCC1(c2ccccn2)C2=C(Cc3ncsc31)CC(C)(C)CC2=O.CCC1(c2cccs2)C2=C(Cc3ncsc31)CC(C)(C)CC2=O.CCC1(c2nccs2)C2=C(Cc3ncsc31)CC(C)(C)CC2=O.[2H]c1nc2c(s1)C(CC)(c1ccccc1)C1=C(C2)CC(C)(C)CC1=O. The van der Waals surface area contributed by atoms with Crippen molar-refractivity contribution in [1.29, 1.82) is 0 Å². The van der Waals surface area contributed by atoms with Gasteiger partial charge in [0.05, 0.1) is 95.9 Å². The van der Waals surface area contributed by atoms with Gasteiger partial charge in [-0.05, 0) is 152 Å². The molecule has 13 aliphatic carbocycles. The Kier molecular flexibility index (Phi) is 26.2. The van der Waals surface area contributed by atoms with Crippen molar-refractivity contribution in [3.8, 4) is 0 Å². The Labute approximate surface area is 832 Å². The molecule has 23 rings (SSSR count). The number of Topliss-reactive ketones (excluding diaryl/α,β-unsaturated/α-hetero) is 6. The lowest BCUT2D eigenvalue weighted by molar-refractivity contribution is -0.120. The van der Waals surface area contributed by atoms with Gasteiger partial charge in [-0.1, -0.05) is 220 Å². The number of carbonyl (C=O) groups excluding carboxylic acids is 6. The molecule has 22 heteroatoms. The lowest BCUT2D eigenvalue weighted by Crippen LogP contribution is -2.42. The zero-order chi connectivity index (χ0) is 96.5. The van der Waals surface area contributed by atoms with E-state index in [4.69, 9.17) is 1.37 Å². The molecule has 13 aliphatic rings. The molecule has 9 heterocycles. The number of nitrogens with zero attached hydrogens (tertiary/aromatic N) is 8. The number of fused-ring (bicyclic) bond motifs is 8. The fourth-order valence-electron chi connectivity index (χ4n) is 27.2. The van der Waals surface area contributed by atoms with Crippen LogP contribution in [0.25, 0.3) is 0 Å². The Balaban J connectivity index is 0.000000109. The van der Waals surface area contributed by atoms with E-state index in [0.29, 0.717) is 66.5 Å². The first-order valence-electron chi connectivity index (χ1n) is 49.8. The molecule has 0 bridgehead atoms. The molecule has 0 aliphatic heterocycles. The Morgan fingerprint density at radius 3 is 1.08 bits per heavy atom. The summed E-state index contributed by atoms with van der Waals surface area (Å²) in [4.78, 5) is 125. The van der Waals surface area contributed by atoms with Crippen LogP contribution in [-0.2, 0) is 99.8 Å². The topological polar surface area (TPSA) is 206 Å². The number of allylic oxidation sites excluding steroid dienone is 12. The predicted molar refractivity (Wildman–Crippen MR) is 554 cm³/mol. The van der Waals surface area contributed by atoms with Gasteiger partial charge >= 0.3 is 0 Å². The van der Waals surface area contributed by atoms with Gasteiger partial charge in [-0.25, -0.2) is 34.9 Å². The van der Waals surface area contributed by atoms with Crippen LogP contribution < -0.4 is 0 Å². The third-order valence-electron chi connectivity index (χ3n) is 32.1. The van der Waals surface area contributed by atoms with Crippen molar-refractivity contribution >= 4 is 125 Å². The van der Waals surface area contributed by atoms with E-state index >= 15 is 0 Å². The third kappa shape index (κ3) is 16.9. The molecule has 1 fully saturated rings. The second-order valence-electron chi connectivity index (χ2n) is 45.2. The summed E-state index contributed by atoms with van der Waals surface area (Å²) < 4.78 is 8.10. The molecule has 135 heavy (non-hydrogen) atoms. The van der Waals surface area contributed by atoms with E-state index in [2.05, 4.69) is 200 Å². The second-order valence-corrected chi connectivity index (χ2v) is 52.1. The van der Waals surface area contributed by atoms with Crippen LogP contribution in [0.4, 0.5) is 0 Å². The molecule has 1 saturated carbocycles. The second kappa shape index (κ2) is 36.9. The zero-order valence-electron chi connectivity index (χ0n) is 83.3. The average Bonchev–Trinajstić information content (AvgIpc) is 1.42. The van der Waals surface area contributed by atoms with Gasteiger partial charge in [-0.3, -0.25) is 33.8 Å². The largest absolute Gasteiger partial charge is 0.294 e. The molecule has 9 aromatic heterocycles. The summed E-state index contributed by atoms with van der Waals surface area (Å²) in [6.45, 7) is 39.6. The number of thiazole rings is 7. The van der Waals surface area contributed by atoms with Crippen LogP contribution in [0.5, 0.6) is 0 Å². The number of hydrogen-bond donors (Lipinski definition) is 0. The summed E-state index contributed by atoms with van der Waals surface area (Å²) >= 11 is 13.5. The predicted octanol–water partition coefficient (Wildman–Crippen LogP) is 28.3. The van der Waals surface area contributed by atoms with Crippen LogP contribution in [-0.4, -0.2) is 74.6 Å². The minimum Gasteiger partial charge on any atom is -0.294 e. The molecule has 708 valence electrons. The van der Waals surface area contributed by atoms with Crippen molar-refractivity contribution < 1.29 is 30.1 Å². The average molecular weight is 1960 g/mol. The normalized spacial score (nSPS) is 25.7. The first kappa shape index (κ1) is 95.8. The number of hydrogen-bond acceptors (Lipinski definition) is 22. The molecule has 0 N–H and O–H groups in total. The molecule has 0 radical (unpaired) electrons. The summed E-state index contributed by atoms with van der Waals surface area (Å²) in [5, 5.41) is 5.18. The molecule has 0 amide bonds. The summed E-state index contributed by atoms with van der Waals surface area (Å²) in [7, 11) is 0. The Morgan fingerprint density at radius 1 is 0.296 bits per heavy atom. The van der Waals surface area contributed by atoms with Crippen LogP contribution in [0, 0.1) is 32.5 Å². The number of rotatable bonds is 10. The fraction of sp³-hybridized carbons (Fsp3) is 0.522. The maximum atomic E-state index is 13.3. The summed E-state index contributed by atoms with van der Waals surface area (Å²) in [6, 6.07) is 20.7. The number of aromatic nitrogens is 8. The summed E-state index contributed by atoms with van der Waals surface area (Å²) in [6.07, 6.45) is 30.3. The fourth-order valence-corrected chi connectivity index (χ4v) is 35.8. The van der Waals surface area contributed by atoms with Crippen molar-refractivity contribution in [1.82, 2.24) is 39.9 Å². The van der Waals surface area contributed by atoms with Crippen molar-refractivity contribution in [2.24, 2.45) is 32.5 Å². The first-order valence-corrected chi connectivity index (χ1v) is 56.3. The minimum atomic E-state index is -0.436. The van der Waals surface area contributed by atoms with Crippen LogP contribution in [0.15, 0.2) is 184 Å². The highest BCUT2D eigenvalue weighted by atomic mass is 32.1. The minimum absolute atomic E-state index is 0.00338. The van der Waals surface area contributed by atoms with Crippen molar-refractivity contribution in [2.75, 3.05) is 0 Å². The lowest BCUT2D eigenvalue weighted by Gasteiger charge is -2.46. The van der Waals surface area contributed by atoms with Gasteiger partial charge in [-0.15, -0.1) is 90.7 Å². The molecule has 1 spiro atoms. The van der Waals surface area contributed by atoms with Gasteiger partial charge in [0, 0.05) is 173 Å². The monoisotopic (exact) mass is 1950 g/mol. The van der Waals surface area contributed by atoms with Crippen molar-refractivity contribution in [2.45, 2.75) is 343 Å². The molecule has 4 atom stereocenters. The first-order chi connectivity index (χ1) is 64.8. The highest BCUT2D eigenvalue weighted by Gasteiger charge is 2.58. The van der Waals surface area contributed by atoms with Gasteiger partial charge in [0.2, 0.25) is 0 Å². The molecule has 1 aromatic carbocycles. The maximum absolute atomic E-state index is 13.3. The molecule has 14 nitrogen and oxygen atoms in total. The Bertz CT molecular complexity index is 6410. The quantitative estimate of drug-likeness (QED) is 0.125. The smallest absolute Gasteiger partial charge is 0.160 e. The number of benzene rings is 1. The van der Waals surface area contributed by atoms with E-state index in [9.17, 15) is 28.8 Å². The zero-order valence-corrected chi connectivity index (χ0v) is 88.8. The number of pyridine rings is 1. The number of thiophene rings is 1. The molecular formula is C113H132N8O6S8. The number of ketones is 6. The van der Waals surface area contributed by atoms with Crippen molar-refractivity contribution in [3.63, 3.8) is 0 Å². The van der Waals surface area contributed by atoms with Crippen LogP contribution in [0.1, 0.15) is 358 Å². The van der Waals surface area contributed by atoms with Gasteiger partial charge in [0.1, 0.15) is 5.01 Å². The molecule has 10 aromatic rings. The van der Waals surface area contributed by atoms with E-state index in [1.54, 1.807) is 79.4 Å². The standard InChI is InChI=1S/C21H23NOS.C20H22N2OS.C19H21NOS2.C18H20N2OS2.C18H23NOS.C17H23NOS/c1-4-21(15-8-6-5-7-9-15)18-14(10-16-19(21)24-13-22-16)11-20(2,3)12-17(18)23;1-4-20(16-7-5-6-8-21-16)17-13(9-14-18(20)24-12-22-14)10-19(2,3)11-15(17)23;1-4-19(15-6-5-7-22-15)16-12(8-13-17(19)23-11-20-13)9-18(2,3)10-14(16)21;1-4-18(16-19-5-6-22-16)14-11(7-12-15(18)23-10-20-12)8-17(2,3)9-13(14)21;1-17(2)9-12-8-13-16(21-11-19-13)18(6-4-3-5-7-18)15(12)14(20)10-17;1-5-17(6-2)14-11(7-12-15(17)20-10-18-12)8-16(3,4)9-13(14)19/h5-9,13H,4,10-12H2,1-3H3;5-8,12H,4,9-11H2,1-3H3;5-7,11H,4,8-10H2,1-3H3;5-6,10H,4,7-9H2,1-3H3;11H,3-10H2,1-2H3;10H,5-9H2,1-4H3/i13D;;;;;. The third-order valence-corrected chi connectivity index (χ3v) is 40.3. The van der Waals surface area contributed by atoms with Gasteiger partial charge < -0.3 is 0 Å². The van der Waals surface area contributed by atoms with Crippen LogP contribution >= 0.6 is 90.7 Å². The van der Waals surface area contributed by atoms with Crippen LogP contribution in [0.3, 0.4) is 0 Å². The van der Waals surface area contributed by atoms with E-state index in [0.717, 1.165) is 201 Å². The van der Waals surface area contributed by atoms with Gasteiger partial charge in [0.15, 0.2) is 34.7 Å². The molecular weight excluding hydrogens is 1820 g/mol. The lowest BCUT2D eigenvalue weighted by atomic mass is 9.58. The van der Waals surface area contributed by atoms with Crippen LogP contribution in [0.2, 0.25) is 0 Å². The van der Waals surface area contributed by atoms with E-state index < -0.39 is 10.8 Å². The van der Waals surface area contributed by atoms with E-state index in [-0.39, 0.29) is 59.9 Å². The summed E-state index contributed by atoms with van der Waals surface area (Å²) in [5.41, 5.74) is 32.5. The molecule has 4 unspecified atom stereocenters. The van der Waals surface area contributed by atoms with Gasteiger partial charge in [0.25, 0.3) is 0 Å². The Morgan fingerprint density at radius 2 is 0.659 bits per heavy atom. The number of carbonyl (C=O) groups is 6.